The number of Topliss-reactive ketones (excluding diaryl/α,β-unsaturated/α-hetero) is 1. The minimum absolute atomic E-state index is 0.00791. The second-order valence-electron chi connectivity index (χ2n) is 7.23. The number of ether oxygens (including phenoxy) is 2. The Morgan fingerprint density at radius 3 is 2.65 bits per heavy atom. The average molecular weight is 436 g/mol. The smallest absolute Gasteiger partial charge is 0.231 e. The number of fused-ring (bicyclic) bond motifs is 1. The van der Waals surface area contributed by atoms with Gasteiger partial charge in [0.25, 0.3) is 0 Å². The lowest BCUT2D eigenvalue weighted by Crippen LogP contribution is -2.14. The number of nitrogens with zero attached hydrogens (tertiary/aromatic N) is 5. The van der Waals surface area contributed by atoms with Crippen LogP contribution in [0.2, 0.25) is 5.02 Å². The molecule has 0 N–H and O–H groups in total. The Morgan fingerprint density at radius 1 is 1.06 bits per heavy atom. The molecule has 0 spiro atoms. The van der Waals surface area contributed by atoms with Gasteiger partial charge < -0.3 is 14.0 Å². The first-order chi connectivity index (χ1) is 15.0. The summed E-state index contributed by atoms with van der Waals surface area (Å²) in [5, 5.41) is 13.0. The summed E-state index contributed by atoms with van der Waals surface area (Å²) >= 11 is 5.92. The van der Waals surface area contributed by atoms with E-state index in [0.29, 0.717) is 22.2 Å². The van der Waals surface area contributed by atoms with Gasteiger partial charge in [-0.3, -0.25) is 4.79 Å². The molecular weight excluding hydrogens is 418 g/mol. The number of carbonyl (C=O) groups excluding carboxylic acids is 1. The summed E-state index contributed by atoms with van der Waals surface area (Å²) in [5.74, 6) is 1.76. The average Bonchev–Trinajstić information content (AvgIpc) is 3.47. The van der Waals surface area contributed by atoms with Gasteiger partial charge in [0.15, 0.2) is 17.3 Å². The molecule has 0 fully saturated rings. The van der Waals surface area contributed by atoms with Crippen LogP contribution >= 0.6 is 11.6 Å². The van der Waals surface area contributed by atoms with Gasteiger partial charge in [-0.15, -0.1) is 10.2 Å². The number of halogens is 1. The van der Waals surface area contributed by atoms with Crippen molar-refractivity contribution in [1.29, 1.82) is 0 Å². The van der Waals surface area contributed by atoms with Crippen molar-refractivity contribution < 1.29 is 14.3 Å². The number of hydrogen-bond acceptors (Lipinski definition) is 6. The van der Waals surface area contributed by atoms with Crippen molar-refractivity contribution in [3.63, 3.8) is 0 Å². The number of tetrazole rings is 1. The van der Waals surface area contributed by atoms with Crippen LogP contribution in [0.4, 0.5) is 0 Å². The Kier molecular flexibility index (Phi) is 4.71. The van der Waals surface area contributed by atoms with Gasteiger partial charge in [-0.2, -0.15) is 4.80 Å². The van der Waals surface area contributed by atoms with Crippen molar-refractivity contribution in [3.05, 3.63) is 70.5 Å². The molecule has 0 saturated carbocycles. The summed E-state index contributed by atoms with van der Waals surface area (Å²) in [4.78, 5) is 14.3. The van der Waals surface area contributed by atoms with E-state index in [9.17, 15) is 4.79 Å². The van der Waals surface area contributed by atoms with E-state index in [0.717, 1.165) is 28.4 Å². The molecule has 156 valence electrons. The van der Waals surface area contributed by atoms with Crippen molar-refractivity contribution in [2.75, 3.05) is 6.79 Å². The van der Waals surface area contributed by atoms with Crippen molar-refractivity contribution in [2.24, 2.45) is 0 Å². The van der Waals surface area contributed by atoms with Crippen molar-refractivity contribution in [1.82, 2.24) is 24.8 Å². The Hall–Kier alpha value is -3.65. The molecule has 8 nitrogen and oxygen atoms in total. The molecule has 2 aromatic carbocycles. The first kappa shape index (κ1) is 19.3. The monoisotopic (exact) mass is 435 g/mol. The van der Waals surface area contributed by atoms with Gasteiger partial charge in [-0.1, -0.05) is 11.6 Å². The van der Waals surface area contributed by atoms with Crippen LogP contribution in [-0.2, 0) is 6.54 Å². The molecule has 4 aromatic rings. The van der Waals surface area contributed by atoms with Crippen LogP contribution in [0.25, 0.3) is 17.1 Å². The highest BCUT2D eigenvalue weighted by Gasteiger charge is 2.20. The molecule has 0 amide bonds. The van der Waals surface area contributed by atoms with Crippen LogP contribution in [0.15, 0.2) is 48.5 Å². The van der Waals surface area contributed by atoms with Crippen LogP contribution in [0.3, 0.4) is 0 Å². The third-order valence-electron chi connectivity index (χ3n) is 5.19. The van der Waals surface area contributed by atoms with Gasteiger partial charge in [0.1, 0.15) is 6.54 Å². The number of aromatic nitrogens is 5. The predicted molar refractivity (Wildman–Crippen MR) is 114 cm³/mol. The van der Waals surface area contributed by atoms with Crippen LogP contribution in [0.5, 0.6) is 11.5 Å². The summed E-state index contributed by atoms with van der Waals surface area (Å²) < 4.78 is 12.9. The second kappa shape index (κ2) is 7.55. The maximum absolute atomic E-state index is 13.0. The summed E-state index contributed by atoms with van der Waals surface area (Å²) in [7, 11) is 0. The number of benzene rings is 2. The first-order valence-corrected chi connectivity index (χ1v) is 10.0. The zero-order valence-corrected chi connectivity index (χ0v) is 17.6. The zero-order valence-electron chi connectivity index (χ0n) is 16.9. The van der Waals surface area contributed by atoms with Crippen LogP contribution in [0, 0.1) is 13.8 Å². The Balaban J connectivity index is 1.39. The highest BCUT2D eigenvalue weighted by atomic mass is 35.5. The van der Waals surface area contributed by atoms with Gasteiger partial charge in [-0.05, 0) is 61.5 Å². The minimum Gasteiger partial charge on any atom is -0.454 e. The largest absolute Gasteiger partial charge is 0.454 e. The van der Waals surface area contributed by atoms with E-state index in [4.69, 9.17) is 21.1 Å². The number of carbonyl (C=O) groups is 1. The van der Waals surface area contributed by atoms with Gasteiger partial charge in [0, 0.05) is 39.3 Å². The molecule has 1 aliphatic heterocycles. The van der Waals surface area contributed by atoms with E-state index in [-0.39, 0.29) is 19.1 Å². The van der Waals surface area contributed by atoms with Crippen LogP contribution < -0.4 is 9.47 Å². The van der Waals surface area contributed by atoms with Crippen molar-refractivity contribution in [3.8, 4) is 28.6 Å². The molecule has 0 unspecified atom stereocenters. The molecule has 0 atom stereocenters. The normalized spacial score (nSPS) is 12.4. The lowest BCUT2D eigenvalue weighted by molar-refractivity contribution is 0.0961. The number of aryl methyl sites for hydroxylation is 1. The molecule has 9 heteroatoms. The summed E-state index contributed by atoms with van der Waals surface area (Å²) in [6.07, 6.45) is 0. The van der Waals surface area contributed by atoms with E-state index < -0.39 is 0 Å². The van der Waals surface area contributed by atoms with E-state index in [2.05, 4.69) is 15.4 Å². The fraction of sp³-hybridized carbons (Fsp3) is 0.182. The summed E-state index contributed by atoms with van der Waals surface area (Å²) in [5.41, 5.74) is 4.07. The molecule has 0 radical (unpaired) electrons. The zero-order chi connectivity index (χ0) is 21.5. The van der Waals surface area contributed by atoms with Crippen molar-refractivity contribution in [2.45, 2.75) is 20.4 Å². The molecule has 0 aliphatic carbocycles. The number of ketones is 1. The van der Waals surface area contributed by atoms with Gasteiger partial charge in [0.2, 0.25) is 12.6 Å². The quantitative estimate of drug-likeness (QED) is 0.440. The molecular formula is C22H18ClN5O3. The lowest BCUT2D eigenvalue weighted by atomic mass is 10.1. The SMILES string of the molecule is Cc1cc(C(=O)Cn2nnc(-c3ccc(Cl)cc3)n2)c(C)n1-c1ccc2c(c1)OCO2. The molecule has 31 heavy (non-hydrogen) atoms. The third-order valence-corrected chi connectivity index (χ3v) is 5.44. The minimum atomic E-state index is -0.0971. The topological polar surface area (TPSA) is 84.1 Å². The molecule has 2 aromatic heterocycles. The molecule has 1 aliphatic rings. The second-order valence-corrected chi connectivity index (χ2v) is 7.67. The maximum atomic E-state index is 13.0. The van der Waals surface area contributed by atoms with Crippen LogP contribution in [-0.4, -0.2) is 37.4 Å². The highest BCUT2D eigenvalue weighted by molar-refractivity contribution is 6.30. The summed E-state index contributed by atoms with van der Waals surface area (Å²) in [6.45, 7) is 4.08. The van der Waals surface area contributed by atoms with E-state index in [1.54, 1.807) is 12.1 Å². The van der Waals surface area contributed by atoms with Crippen LogP contribution in [0.1, 0.15) is 21.7 Å². The number of hydrogen-bond donors (Lipinski definition) is 0. The lowest BCUT2D eigenvalue weighted by Gasteiger charge is -2.10. The van der Waals surface area contributed by atoms with E-state index >= 15 is 0 Å². The number of rotatable bonds is 5. The molecule has 3 heterocycles. The molecule has 0 bridgehead atoms. The standard InChI is InChI=1S/C22H18ClN5O3/c1-13-9-18(14(2)28(13)17-7-8-20-21(10-17)31-12-30-20)19(29)11-27-25-22(24-26-27)15-3-5-16(23)6-4-15/h3-10H,11-12H2,1-2H3. The summed E-state index contributed by atoms with van der Waals surface area (Å²) in [6, 6.07) is 14.7. The third kappa shape index (κ3) is 3.55. The predicted octanol–water partition coefficient (Wildman–Crippen LogP) is 4.01. The molecule has 5 rings (SSSR count). The van der Waals surface area contributed by atoms with E-state index in [1.807, 2.05) is 54.8 Å². The maximum Gasteiger partial charge on any atom is 0.231 e. The molecule has 0 saturated heterocycles. The fourth-order valence-electron chi connectivity index (χ4n) is 3.71. The Morgan fingerprint density at radius 2 is 1.84 bits per heavy atom. The first-order valence-electron chi connectivity index (χ1n) is 9.65. The van der Waals surface area contributed by atoms with Crippen molar-refractivity contribution >= 4 is 17.4 Å². The van der Waals surface area contributed by atoms with E-state index in [1.165, 1.54) is 4.80 Å². The fourth-order valence-corrected chi connectivity index (χ4v) is 3.83. The highest BCUT2D eigenvalue weighted by Crippen LogP contribution is 2.35. The van der Waals surface area contributed by atoms with Gasteiger partial charge >= 0.3 is 0 Å². The Labute approximate surface area is 183 Å². The Bertz CT molecular complexity index is 1290. The van der Waals surface area contributed by atoms with Gasteiger partial charge in [0.05, 0.1) is 0 Å². The van der Waals surface area contributed by atoms with Gasteiger partial charge in [-0.25, -0.2) is 0 Å².